The molecule has 1 aromatic heterocycles. The largest absolute Gasteiger partial charge is 0.475 e. The third-order valence-electron chi connectivity index (χ3n) is 1.04. The van der Waals surface area contributed by atoms with Crippen molar-refractivity contribution in [1.29, 1.82) is 0 Å². The molecule has 0 aliphatic rings. The Morgan fingerprint density at radius 3 is 2.27 bits per heavy atom. The van der Waals surface area contributed by atoms with Crippen LogP contribution < -0.4 is 5.73 Å². The second kappa shape index (κ2) is 2.86. The van der Waals surface area contributed by atoms with Crippen LogP contribution in [0.3, 0.4) is 0 Å². The average molecular weight is 285 g/mol. The lowest BCUT2D eigenvalue weighted by atomic mass is 10.4. The number of rotatable bonds is 1. The van der Waals surface area contributed by atoms with Gasteiger partial charge in [-0.2, -0.15) is 0 Å². The number of carboxylic acids is 1. The first-order valence-electron chi connectivity index (χ1n) is 2.50. The average Bonchev–Trinajstić information content (AvgIpc) is 2.17. The van der Waals surface area contributed by atoms with Crippen LogP contribution in [0.5, 0.6) is 0 Å². The number of furan rings is 1. The van der Waals surface area contributed by atoms with Crippen LogP contribution in [0.1, 0.15) is 10.6 Å². The van der Waals surface area contributed by atoms with Gasteiger partial charge in [0.25, 0.3) is 0 Å². The van der Waals surface area contributed by atoms with Gasteiger partial charge in [-0.1, -0.05) is 0 Å². The zero-order chi connectivity index (χ0) is 8.59. The highest BCUT2D eigenvalue weighted by molar-refractivity contribution is 9.13. The van der Waals surface area contributed by atoms with E-state index >= 15 is 0 Å². The molecule has 4 nitrogen and oxygen atoms in total. The van der Waals surface area contributed by atoms with Crippen molar-refractivity contribution in [3.8, 4) is 0 Å². The summed E-state index contributed by atoms with van der Waals surface area (Å²) in [7, 11) is 0. The lowest BCUT2D eigenvalue weighted by Crippen LogP contribution is -1.98. The fourth-order valence-electron chi connectivity index (χ4n) is 0.554. The molecule has 0 radical (unpaired) electrons. The monoisotopic (exact) mass is 283 g/mol. The number of nitrogen functional groups attached to an aromatic ring is 1. The van der Waals surface area contributed by atoms with Gasteiger partial charge in [0.1, 0.15) is 5.69 Å². The van der Waals surface area contributed by atoms with E-state index in [1.165, 1.54) is 0 Å². The maximum atomic E-state index is 10.4. The summed E-state index contributed by atoms with van der Waals surface area (Å²) in [4.78, 5) is 10.4. The predicted octanol–water partition coefficient (Wildman–Crippen LogP) is 2.08. The Hall–Kier alpha value is -0.490. The number of nitrogens with two attached hydrogens (primary N) is 1. The van der Waals surface area contributed by atoms with E-state index in [9.17, 15) is 4.79 Å². The maximum Gasteiger partial charge on any atom is 0.374 e. The fraction of sp³-hybridized carbons (Fsp3) is 0. The Bertz CT molecular complexity index is 307. The summed E-state index contributed by atoms with van der Waals surface area (Å²) < 4.78 is 5.46. The number of halogens is 2. The highest BCUT2D eigenvalue weighted by Gasteiger charge is 2.19. The van der Waals surface area contributed by atoms with Crippen molar-refractivity contribution < 1.29 is 14.3 Å². The second-order valence-electron chi connectivity index (χ2n) is 1.74. The number of carboxylic acid groups (broad SMARTS) is 1. The number of hydrogen-bond donors (Lipinski definition) is 2. The molecule has 0 aliphatic carbocycles. The SMILES string of the molecule is Nc1c(C(=O)O)oc(Br)c1Br. The van der Waals surface area contributed by atoms with E-state index in [1.807, 2.05) is 0 Å². The fourth-order valence-corrected chi connectivity index (χ4v) is 1.19. The van der Waals surface area contributed by atoms with Crippen LogP contribution in [0.2, 0.25) is 0 Å². The van der Waals surface area contributed by atoms with Gasteiger partial charge >= 0.3 is 5.97 Å². The highest BCUT2D eigenvalue weighted by atomic mass is 79.9. The molecular formula is C5H3Br2NO3. The van der Waals surface area contributed by atoms with Crippen LogP contribution in [-0.2, 0) is 0 Å². The molecule has 0 bridgehead atoms. The molecule has 1 heterocycles. The standard InChI is InChI=1S/C5H3Br2NO3/c6-1-2(8)3(5(9)10)11-4(1)7/h8H2,(H,9,10). The number of anilines is 1. The third-order valence-corrected chi connectivity index (χ3v) is 2.92. The van der Waals surface area contributed by atoms with Gasteiger partial charge < -0.3 is 15.3 Å². The molecule has 0 saturated carbocycles. The maximum absolute atomic E-state index is 10.4. The van der Waals surface area contributed by atoms with Crippen molar-refractivity contribution in [2.24, 2.45) is 0 Å². The van der Waals surface area contributed by atoms with Crippen molar-refractivity contribution in [3.05, 3.63) is 14.9 Å². The van der Waals surface area contributed by atoms with Crippen molar-refractivity contribution in [2.75, 3.05) is 5.73 Å². The molecule has 0 aliphatic heterocycles. The lowest BCUT2D eigenvalue weighted by Gasteiger charge is -1.87. The van der Waals surface area contributed by atoms with E-state index in [0.717, 1.165) is 0 Å². The number of hydrogen-bond acceptors (Lipinski definition) is 3. The van der Waals surface area contributed by atoms with E-state index < -0.39 is 5.97 Å². The number of aromatic carboxylic acids is 1. The molecule has 0 unspecified atom stereocenters. The molecule has 0 amide bonds. The van der Waals surface area contributed by atoms with Crippen LogP contribution in [0, 0.1) is 0 Å². The minimum Gasteiger partial charge on any atom is -0.475 e. The molecule has 1 aromatic rings. The molecular weight excluding hydrogens is 282 g/mol. The normalized spacial score (nSPS) is 10.0. The quantitative estimate of drug-likeness (QED) is 0.828. The Morgan fingerprint density at radius 2 is 2.09 bits per heavy atom. The Morgan fingerprint density at radius 1 is 1.55 bits per heavy atom. The molecule has 3 N–H and O–H groups in total. The molecule has 0 spiro atoms. The van der Waals surface area contributed by atoms with Crippen molar-refractivity contribution in [2.45, 2.75) is 0 Å². The zero-order valence-electron chi connectivity index (χ0n) is 5.10. The smallest absolute Gasteiger partial charge is 0.374 e. The van der Waals surface area contributed by atoms with Gasteiger partial charge in [0.2, 0.25) is 5.76 Å². The summed E-state index contributed by atoms with van der Waals surface area (Å²) in [6.45, 7) is 0. The topological polar surface area (TPSA) is 76.5 Å². The number of carbonyl (C=O) groups is 1. The van der Waals surface area contributed by atoms with Crippen molar-refractivity contribution in [1.82, 2.24) is 0 Å². The van der Waals surface area contributed by atoms with Gasteiger partial charge in [0.15, 0.2) is 4.67 Å². The minimum atomic E-state index is -1.19. The minimum absolute atomic E-state index is 0.0874. The lowest BCUT2D eigenvalue weighted by molar-refractivity contribution is 0.0662. The van der Waals surface area contributed by atoms with Crippen molar-refractivity contribution >= 4 is 43.5 Å². The molecule has 0 atom stereocenters. The summed E-state index contributed by atoms with van der Waals surface area (Å²) in [6, 6.07) is 0. The predicted molar refractivity (Wildman–Crippen MR) is 45.5 cm³/mol. The van der Waals surface area contributed by atoms with Crippen molar-refractivity contribution in [3.63, 3.8) is 0 Å². The third kappa shape index (κ3) is 1.41. The van der Waals surface area contributed by atoms with E-state index in [-0.39, 0.29) is 16.1 Å². The van der Waals surface area contributed by atoms with Gasteiger partial charge in [-0.05, 0) is 31.9 Å². The molecule has 0 fully saturated rings. The first-order chi connectivity index (χ1) is 5.04. The van der Waals surface area contributed by atoms with Gasteiger partial charge in [-0.25, -0.2) is 4.79 Å². The molecule has 60 valence electrons. The Kier molecular flexibility index (Phi) is 2.24. The van der Waals surface area contributed by atoms with Crippen LogP contribution in [0.4, 0.5) is 5.69 Å². The highest BCUT2D eigenvalue weighted by Crippen LogP contribution is 2.34. The Labute approximate surface area is 78.6 Å². The molecule has 0 aromatic carbocycles. The Balaban J connectivity index is 3.29. The molecule has 6 heteroatoms. The van der Waals surface area contributed by atoms with Gasteiger partial charge in [-0.15, -0.1) is 0 Å². The van der Waals surface area contributed by atoms with Gasteiger partial charge in [-0.3, -0.25) is 0 Å². The zero-order valence-corrected chi connectivity index (χ0v) is 8.27. The molecule has 11 heavy (non-hydrogen) atoms. The second-order valence-corrected chi connectivity index (χ2v) is 3.25. The first kappa shape index (κ1) is 8.61. The summed E-state index contributed by atoms with van der Waals surface area (Å²) in [5.41, 5.74) is 5.44. The summed E-state index contributed by atoms with van der Waals surface area (Å²) in [5.74, 6) is -1.45. The van der Waals surface area contributed by atoms with Crippen LogP contribution >= 0.6 is 31.9 Å². The van der Waals surface area contributed by atoms with E-state index in [1.54, 1.807) is 0 Å². The van der Waals surface area contributed by atoms with Crippen LogP contribution in [-0.4, -0.2) is 11.1 Å². The molecule has 1 rings (SSSR count). The first-order valence-corrected chi connectivity index (χ1v) is 4.09. The summed E-state index contributed by atoms with van der Waals surface area (Å²) in [5, 5.41) is 8.49. The van der Waals surface area contributed by atoms with Crippen LogP contribution in [0.25, 0.3) is 0 Å². The van der Waals surface area contributed by atoms with Gasteiger partial charge in [0, 0.05) is 0 Å². The van der Waals surface area contributed by atoms with E-state index in [2.05, 4.69) is 31.9 Å². The van der Waals surface area contributed by atoms with E-state index in [4.69, 9.17) is 15.3 Å². The molecule has 0 saturated heterocycles. The van der Waals surface area contributed by atoms with Crippen LogP contribution in [0.15, 0.2) is 13.6 Å². The summed E-state index contributed by atoms with van der Waals surface area (Å²) >= 11 is 6.02. The van der Waals surface area contributed by atoms with E-state index in [0.29, 0.717) is 4.47 Å². The van der Waals surface area contributed by atoms with Gasteiger partial charge in [0.05, 0.1) is 4.47 Å². The summed E-state index contributed by atoms with van der Waals surface area (Å²) in [6.07, 6.45) is 0.